The fourth-order valence-corrected chi connectivity index (χ4v) is 1.02. The third kappa shape index (κ3) is 1.67. The van der Waals surface area contributed by atoms with Crippen LogP contribution < -0.4 is 16.4 Å². The lowest BCUT2D eigenvalue weighted by Gasteiger charge is -2.12. The van der Waals surface area contributed by atoms with Gasteiger partial charge in [-0.15, -0.1) is 0 Å². The van der Waals surface area contributed by atoms with Gasteiger partial charge in [0.15, 0.2) is 0 Å². The van der Waals surface area contributed by atoms with Crippen molar-refractivity contribution < 1.29 is 4.79 Å². The van der Waals surface area contributed by atoms with Gasteiger partial charge in [0.1, 0.15) is 6.04 Å². The van der Waals surface area contributed by atoms with Gasteiger partial charge in [-0.3, -0.25) is 10.1 Å². The van der Waals surface area contributed by atoms with Crippen molar-refractivity contribution in [2.24, 2.45) is 5.73 Å². The maximum atomic E-state index is 10.9. The summed E-state index contributed by atoms with van der Waals surface area (Å²) in [6.45, 7) is 0.447. The summed E-state index contributed by atoms with van der Waals surface area (Å²) in [6.07, 6.45) is 0.199. The molecule has 0 aromatic rings. The van der Waals surface area contributed by atoms with E-state index < -0.39 is 12.1 Å². The standard InChI is InChI=1S/C6H10N4O/c7-2-1-4(8)5-6(11)10-3-9-5/h4-5,9H,1,3,8H2,(H,10,11)/t4-,5?/m0/s1. The largest absolute Gasteiger partial charge is 0.342 e. The fraction of sp³-hybridized carbons (Fsp3) is 0.667. The number of carbonyl (C=O) groups excluding carboxylic acids is 1. The fourth-order valence-electron chi connectivity index (χ4n) is 1.02. The van der Waals surface area contributed by atoms with Gasteiger partial charge in [-0.2, -0.15) is 5.26 Å². The van der Waals surface area contributed by atoms with E-state index in [2.05, 4.69) is 10.6 Å². The zero-order valence-corrected chi connectivity index (χ0v) is 6.00. The third-order valence-corrected chi connectivity index (χ3v) is 1.62. The van der Waals surface area contributed by atoms with Crippen LogP contribution in [0.5, 0.6) is 0 Å². The summed E-state index contributed by atoms with van der Waals surface area (Å²) in [6, 6.07) is 1.13. The molecule has 1 aliphatic heterocycles. The van der Waals surface area contributed by atoms with Crippen molar-refractivity contribution in [3.63, 3.8) is 0 Å². The summed E-state index contributed by atoms with van der Waals surface area (Å²) in [4.78, 5) is 10.9. The van der Waals surface area contributed by atoms with Crippen molar-refractivity contribution in [1.29, 1.82) is 5.26 Å². The molecule has 5 heteroatoms. The van der Waals surface area contributed by atoms with Crippen molar-refractivity contribution in [1.82, 2.24) is 10.6 Å². The Bertz CT molecular complexity index is 197. The summed E-state index contributed by atoms with van der Waals surface area (Å²) in [7, 11) is 0. The summed E-state index contributed by atoms with van der Waals surface area (Å²) in [5.74, 6) is -0.118. The highest BCUT2D eigenvalue weighted by molar-refractivity contribution is 5.84. The van der Waals surface area contributed by atoms with Gasteiger partial charge in [-0.05, 0) is 0 Å². The zero-order chi connectivity index (χ0) is 8.27. The first kappa shape index (κ1) is 7.98. The van der Waals surface area contributed by atoms with E-state index >= 15 is 0 Å². The molecule has 0 spiro atoms. The molecule has 1 heterocycles. The Hall–Kier alpha value is -1.12. The van der Waals surface area contributed by atoms with Crippen LogP contribution >= 0.6 is 0 Å². The molecule has 1 amide bonds. The SMILES string of the molecule is N#CC[C@H](N)C1NCNC1=O. The van der Waals surface area contributed by atoms with Crippen molar-refractivity contribution in [3.8, 4) is 6.07 Å². The van der Waals surface area contributed by atoms with Crippen molar-refractivity contribution >= 4 is 5.91 Å². The lowest BCUT2D eigenvalue weighted by molar-refractivity contribution is -0.120. The first-order valence-corrected chi connectivity index (χ1v) is 3.39. The van der Waals surface area contributed by atoms with E-state index in [4.69, 9.17) is 11.0 Å². The first-order valence-electron chi connectivity index (χ1n) is 3.39. The van der Waals surface area contributed by atoms with Crippen molar-refractivity contribution in [3.05, 3.63) is 0 Å². The molecular weight excluding hydrogens is 144 g/mol. The molecule has 1 aliphatic rings. The molecule has 4 N–H and O–H groups in total. The Kier molecular flexibility index (Phi) is 2.41. The number of amides is 1. The summed E-state index contributed by atoms with van der Waals surface area (Å²) in [5, 5.41) is 13.7. The van der Waals surface area contributed by atoms with Gasteiger partial charge in [0.2, 0.25) is 5.91 Å². The Morgan fingerprint density at radius 2 is 2.64 bits per heavy atom. The van der Waals surface area contributed by atoms with Gasteiger partial charge in [0, 0.05) is 6.04 Å². The highest BCUT2D eigenvalue weighted by Gasteiger charge is 2.28. The Labute approximate surface area is 64.6 Å². The number of nitriles is 1. The van der Waals surface area contributed by atoms with Gasteiger partial charge in [-0.25, -0.2) is 0 Å². The minimum Gasteiger partial charge on any atom is -0.342 e. The van der Waals surface area contributed by atoms with Crippen molar-refractivity contribution in [2.45, 2.75) is 18.5 Å². The van der Waals surface area contributed by atoms with E-state index in [1.165, 1.54) is 0 Å². The molecule has 2 atom stereocenters. The van der Waals surface area contributed by atoms with E-state index in [0.717, 1.165) is 0 Å². The predicted octanol–water partition coefficient (Wildman–Crippen LogP) is -1.73. The second-order valence-corrected chi connectivity index (χ2v) is 2.43. The van der Waals surface area contributed by atoms with Crippen LogP contribution in [0.15, 0.2) is 0 Å². The van der Waals surface area contributed by atoms with E-state index in [1.807, 2.05) is 6.07 Å². The van der Waals surface area contributed by atoms with Gasteiger partial charge < -0.3 is 11.1 Å². The molecule has 1 rings (SSSR count). The molecule has 0 radical (unpaired) electrons. The number of hydrogen-bond donors (Lipinski definition) is 3. The van der Waals surface area contributed by atoms with Crippen LogP contribution in [0.2, 0.25) is 0 Å². The molecule has 1 unspecified atom stereocenters. The lowest BCUT2D eigenvalue weighted by atomic mass is 10.1. The highest BCUT2D eigenvalue weighted by atomic mass is 16.2. The predicted molar refractivity (Wildman–Crippen MR) is 38.1 cm³/mol. The Morgan fingerprint density at radius 1 is 1.91 bits per heavy atom. The molecule has 0 aliphatic carbocycles. The van der Waals surface area contributed by atoms with Gasteiger partial charge in [0.05, 0.1) is 19.2 Å². The van der Waals surface area contributed by atoms with Crippen LogP contribution in [0.1, 0.15) is 6.42 Å². The quantitative estimate of drug-likeness (QED) is 0.441. The summed E-state index contributed by atoms with van der Waals surface area (Å²) >= 11 is 0. The van der Waals surface area contributed by atoms with Gasteiger partial charge in [0.25, 0.3) is 0 Å². The lowest BCUT2D eigenvalue weighted by Crippen LogP contribution is -2.45. The van der Waals surface area contributed by atoms with Crippen LogP contribution in [0, 0.1) is 11.3 Å². The van der Waals surface area contributed by atoms with Crippen LogP contribution in [0.3, 0.4) is 0 Å². The highest BCUT2D eigenvalue weighted by Crippen LogP contribution is 1.98. The topological polar surface area (TPSA) is 90.9 Å². The monoisotopic (exact) mass is 154 g/mol. The zero-order valence-electron chi connectivity index (χ0n) is 6.00. The van der Waals surface area contributed by atoms with E-state index in [9.17, 15) is 4.79 Å². The van der Waals surface area contributed by atoms with E-state index in [-0.39, 0.29) is 12.3 Å². The molecule has 0 bridgehead atoms. The molecule has 1 fully saturated rings. The average molecular weight is 154 g/mol. The normalized spacial score (nSPS) is 25.8. The number of nitrogens with two attached hydrogens (primary N) is 1. The molecule has 5 nitrogen and oxygen atoms in total. The molecular formula is C6H10N4O. The molecule has 0 saturated carbocycles. The molecule has 1 saturated heterocycles. The second-order valence-electron chi connectivity index (χ2n) is 2.43. The van der Waals surface area contributed by atoms with Crippen molar-refractivity contribution in [2.75, 3.05) is 6.67 Å². The number of carbonyl (C=O) groups is 1. The first-order chi connectivity index (χ1) is 5.25. The number of hydrogen-bond acceptors (Lipinski definition) is 4. The van der Waals surface area contributed by atoms with Gasteiger partial charge in [-0.1, -0.05) is 0 Å². The summed E-state index contributed by atoms with van der Waals surface area (Å²) in [5.41, 5.74) is 5.53. The number of nitrogens with one attached hydrogen (secondary N) is 2. The van der Waals surface area contributed by atoms with Crippen LogP contribution in [0.4, 0.5) is 0 Å². The third-order valence-electron chi connectivity index (χ3n) is 1.62. The van der Waals surface area contributed by atoms with Crippen LogP contribution in [-0.4, -0.2) is 24.7 Å². The molecule has 0 aromatic heterocycles. The Balaban J connectivity index is 2.47. The average Bonchev–Trinajstić information content (AvgIpc) is 2.36. The van der Waals surface area contributed by atoms with E-state index in [1.54, 1.807) is 0 Å². The van der Waals surface area contributed by atoms with E-state index in [0.29, 0.717) is 6.67 Å². The second kappa shape index (κ2) is 3.32. The van der Waals surface area contributed by atoms with Crippen LogP contribution in [-0.2, 0) is 4.79 Å². The molecule has 0 aromatic carbocycles. The maximum absolute atomic E-state index is 10.9. The smallest absolute Gasteiger partial charge is 0.239 e. The molecule has 60 valence electrons. The minimum atomic E-state index is -0.400. The maximum Gasteiger partial charge on any atom is 0.239 e. The molecule has 11 heavy (non-hydrogen) atoms. The van der Waals surface area contributed by atoms with Crippen LogP contribution in [0.25, 0.3) is 0 Å². The summed E-state index contributed by atoms with van der Waals surface area (Å²) < 4.78 is 0. The number of rotatable bonds is 2. The van der Waals surface area contributed by atoms with Gasteiger partial charge >= 0.3 is 0 Å². The number of nitrogens with zero attached hydrogens (tertiary/aromatic N) is 1. The Morgan fingerprint density at radius 3 is 3.09 bits per heavy atom. The minimum absolute atomic E-state index is 0.118.